The maximum atomic E-state index is 13.0. The van der Waals surface area contributed by atoms with Crippen LogP contribution in [0.25, 0.3) is 0 Å². The Morgan fingerprint density at radius 1 is 0.259 bits per heavy atom. The van der Waals surface area contributed by atoms with Gasteiger partial charge in [0, 0.05) is 19.3 Å². The van der Waals surface area contributed by atoms with Crippen LogP contribution < -0.4 is 0 Å². The molecule has 0 radical (unpaired) electrons. The lowest BCUT2D eigenvalue weighted by atomic mass is 10.1. The first-order valence-corrected chi connectivity index (χ1v) is 34.4. The van der Waals surface area contributed by atoms with E-state index in [0.29, 0.717) is 19.3 Å². The topological polar surface area (TPSA) is 78.9 Å². The number of rotatable bonds is 62. The van der Waals surface area contributed by atoms with Crippen LogP contribution in [0.3, 0.4) is 0 Å². The number of esters is 3. The van der Waals surface area contributed by atoms with Gasteiger partial charge in [-0.25, -0.2) is 0 Å². The Balaban J connectivity index is 4.42. The molecule has 0 amide bonds. The van der Waals surface area contributed by atoms with Crippen molar-refractivity contribution in [1.29, 1.82) is 0 Å². The monoisotopic (exact) mass is 1120 g/mol. The summed E-state index contributed by atoms with van der Waals surface area (Å²) in [5.41, 5.74) is 0. The van der Waals surface area contributed by atoms with E-state index in [4.69, 9.17) is 14.2 Å². The summed E-state index contributed by atoms with van der Waals surface area (Å²) in [5.74, 6) is -0.896. The van der Waals surface area contributed by atoms with Crippen molar-refractivity contribution in [2.24, 2.45) is 0 Å². The van der Waals surface area contributed by atoms with Gasteiger partial charge < -0.3 is 14.2 Å². The summed E-state index contributed by atoms with van der Waals surface area (Å²) in [6.07, 6.45) is 93.8. The molecule has 6 nitrogen and oxygen atoms in total. The SMILES string of the molecule is CC/C=C\C/C=C\C/C=C\C/C=C\CCCCCCCCCCCCC(=O)OCC(COC(=O)CCCCCCCCCCC/C=C\C/C=C\CCCCC)OC(=O)CCCCCCCC/C=C\C/C=C\C/C=C\CCCCCCC. The second-order valence-corrected chi connectivity index (χ2v) is 22.7. The lowest BCUT2D eigenvalue weighted by Gasteiger charge is -2.18. The van der Waals surface area contributed by atoms with Gasteiger partial charge in [0.25, 0.3) is 0 Å². The first kappa shape index (κ1) is 77.1. The van der Waals surface area contributed by atoms with E-state index in [1.807, 2.05) is 0 Å². The number of hydrogen-bond acceptors (Lipinski definition) is 6. The fourth-order valence-corrected chi connectivity index (χ4v) is 9.59. The predicted octanol–water partition coefficient (Wildman–Crippen LogP) is 23.8. The molecule has 464 valence electrons. The highest BCUT2D eigenvalue weighted by Gasteiger charge is 2.19. The van der Waals surface area contributed by atoms with Gasteiger partial charge in [0.2, 0.25) is 0 Å². The van der Waals surface area contributed by atoms with Gasteiger partial charge in [-0.15, -0.1) is 0 Å². The van der Waals surface area contributed by atoms with Crippen molar-refractivity contribution in [3.63, 3.8) is 0 Å². The van der Waals surface area contributed by atoms with Crippen molar-refractivity contribution < 1.29 is 28.6 Å². The molecule has 0 fully saturated rings. The molecule has 0 aromatic rings. The molecule has 0 aromatic heterocycles. The summed E-state index contributed by atoms with van der Waals surface area (Å²) in [6, 6.07) is 0. The molecule has 0 bridgehead atoms. The van der Waals surface area contributed by atoms with E-state index in [9.17, 15) is 14.4 Å². The highest BCUT2D eigenvalue weighted by molar-refractivity contribution is 5.71. The largest absolute Gasteiger partial charge is 0.462 e. The quantitative estimate of drug-likeness (QED) is 0.0261. The van der Waals surface area contributed by atoms with Crippen LogP contribution in [0.5, 0.6) is 0 Å². The molecule has 0 saturated carbocycles. The Bertz CT molecular complexity index is 1620. The van der Waals surface area contributed by atoms with Crippen LogP contribution in [0.1, 0.15) is 329 Å². The number of allylic oxidation sites excluding steroid dienone is 18. The molecular weight excluding hydrogens is 997 g/mol. The number of hydrogen-bond donors (Lipinski definition) is 0. The number of carbonyl (C=O) groups is 3. The van der Waals surface area contributed by atoms with Crippen molar-refractivity contribution in [1.82, 2.24) is 0 Å². The zero-order valence-corrected chi connectivity index (χ0v) is 53.3. The van der Waals surface area contributed by atoms with Gasteiger partial charge in [-0.1, -0.05) is 291 Å². The number of unbranched alkanes of at least 4 members (excludes halogenated alkanes) is 33. The third-order valence-corrected chi connectivity index (χ3v) is 14.7. The van der Waals surface area contributed by atoms with Crippen LogP contribution in [0.15, 0.2) is 109 Å². The molecule has 0 saturated heterocycles. The molecule has 81 heavy (non-hydrogen) atoms. The molecule has 0 N–H and O–H groups in total. The fraction of sp³-hybridized carbons (Fsp3) is 0.720. The predicted molar refractivity (Wildman–Crippen MR) is 353 cm³/mol. The maximum Gasteiger partial charge on any atom is 0.306 e. The molecular formula is C75H128O6. The van der Waals surface area contributed by atoms with Crippen molar-refractivity contribution in [3.8, 4) is 0 Å². The van der Waals surface area contributed by atoms with Gasteiger partial charge in [0.15, 0.2) is 6.10 Å². The van der Waals surface area contributed by atoms with Gasteiger partial charge in [0.1, 0.15) is 13.2 Å². The van der Waals surface area contributed by atoms with Crippen LogP contribution in [0.4, 0.5) is 0 Å². The van der Waals surface area contributed by atoms with E-state index in [0.717, 1.165) is 116 Å². The minimum Gasteiger partial charge on any atom is -0.462 e. The van der Waals surface area contributed by atoms with Crippen LogP contribution in [0, 0.1) is 0 Å². The van der Waals surface area contributed by atoms with E-state index in [1.165, 1.54) is 173 Å². The molecule has 0 spiro atoms. The second-order valence-electron chi connectivity index (χ2n) is 22.7. The summed E-state index contributed by atoms with van der Waals surface area (Å²) in [5, 5.41) is 0. The molecule has 1 unspecified atom stereocenters. The maximum absolute atomic E-state index is 13.0. The first-order valence-electron chi connectivity index (χ1n) is 34.4. The number of ether oxygens (including phenoxy) is 3. The van der Waals surface area contributed by atoms with Crippen LogP contribution >= 0.6 is 0 Å². The highest BCUT2D eigenvalue weighted by Crippen LogP contribution is 2.16. The van der Waals surface area contributed by atoms with Crippen molar-refractivity contribution in [2.75, 3.05) is 13.2 Å². The highest BCUT2D eigenvalue weighted by atomic mass is 16.6. The third kappa shape index (κ3) is 66.8. The van der Waals surface area contributed by atoms with E-state index in [2.05, 4.69) is 130 Å². The Morgan fingerprint density at radius 3 is 0.778 bits per heavy atom. The second kappa shape index (κ2) is 68.6. The summed E-state index contributed by atoms with van der Waals surface area (Å²) in [6.45, 7) is 6.51. The molecule has 0 aromatic carbocycles. The molecule has 0 rings (SSSR count). The van der Waals surface area contributed by atoms with Crippen molar-refractivity contribution in [2.45, 2.75) is 335 Å². The average Bonchev–Trinajstić information content (AvgIpc) is 3.47. The molecule has 0 aliphatic rings. The lowest BCUT2D eigenvalue weighted by Crippen LogP contribution is -2.30. The van der Waals surface area contributed by atoms with E-state index in [-0.39, 0.29) is 31.1 Å². The summed E-state index contributed by atoms with van der Waals surface area (Å²) >= 11 is 0. The Kier molecular flexibility index (Phi) is 65.2. The van der Waals surface area contributed by atoms with Crippen molar-refractivity contribution in [3.05, 3.63) is 109 Å². The van der Waals surface area contributed by atoms with E-state index in [1.54, 1.807) is 0 Å². The molecule has 0 heterocycles. The van der Waals surface area contributed by atoms with Crippen LogP contribution in [-0.2, 0) is 28.6 Å². The van der Waals surface area contributed by atoms with Gasteiger partial charge in [-0.05, 0) is 128 Å². The van der Waals surface area contributed by atoms with Gasteiger partial charge in [-0.3, -0.25) is 14.4 Å². The third-order valence-electron chi connectivity index (χ3n) is 14.7. The van der Waals surface area contributed by atoms with Crippen molar-refractivity contribution >= 4 is 17.9 Å². The molecule has 1 atom stereocenters. The summed E-state index contributed by atoms with van der Waals surface area (Å²) in [4.78, 5) is 38.5. The van der Waals surface area contributed by atoms with E-state index < -0.39 is 6.10 Å². The molecule has 0 aliphatic carbocycles. The normalized spacial score (nSPS) is 12.8. The minimum atomic E-state index is -0.793. The zero-order valence-electron chi connectivity index (χ0n) is 53.3. The zero-order chi connectivity index (χ0) is 58.5. The van der Waals surface area contributed by atoms with Gasteiger partial charge >= 0.3 is 17.9 Å². The molecule has 6 heteroatoms. The van der Waals surface area contributed by atoms with Crippen LogP contribution in [-0.4, -0.2) is 37.2 Å². The van der Waals surface area contributed by atoms with Crippen LogP contribution in [0.2, 0.25) is 0 Å². The first-order chi connectivity index (χ1) is 40.0. The summed E-state index contributed by atoms with van der Waals surface area (Å²) in [7, 11) is 0. The summed E-state index contributed by atoms with van der Waals surface area (Å²) < 4.78 is 17.0. The average molecular weight is 1130 g/mol. The Hall–Kier alpha value is -3.93. The minimum absolute atomic E-state index is 0.0868. The van der Waals surface area contributed by atoms with E-state index >= 15 is 0 Å². The standard InChI is InChI=1S/C75H128O6/c1-4-7-10-13-16-19-22-25-28-31-34-36-37-39-41-44-47-50-53-56-59-62-65-68-74(77)80-71-72(70-79-73(76)67-64-61-58-55-52-49-46-43-40-33-30-27-24-21-18-15-12-9-6-3)81-75(78)69-66-63-60-57-54-51-48-45-42-38-35-32-29-26-23-20-17-14-11-8-5-2/h7,10,16,18-19,21,23,25-28,30,32,34-36,42,45,72H,4-6,8-9,11-15,17,20,22,24,29,31,33,37-41,43-44,46-71H2,1-3H3/b10-7-,19-16-,21-18-,26-23-,28-25-,30-27-,35-32-,36-34-,45-42-. The molecule has 0 aliphatic heterocycles. The number of carbonyl (C=O) groups excluding carboxylic acids is 3. The lowest BCUT2D eigenvalue weighted by molar-refractivity contribution is -0.167. The fourth-order valence-electron chi connectivity index (χ4n) is 9.59. The Morgan fingerprint density at radius 2 is 0.481 bits per heavy atom. The smallest absolute Gasteiger partial charge is 0.306 e. The van der Waals surface area contributed by atoms with Gasteiger partial charge in [-0.2, -0.15) is 0 Å². The Labute approximate surface area is 501 Å². The van der Waals surface area contributed by atoms with Gasteiger partial charge in [0.05, 0.1) is 0 Å².